The van der Waals surface area contributed by atoms with Gasteiger partial charge in [-0.2, -0.15) is 5.10 Å². The number of nitrogens with one attached hydrogen (secondary N) is 3. The maximum absolute atomic E-state index is 12.1. The van der Waals surface area contributed by atoms with Gasteiger partial charge in [0.25, 0.3) is 10.0 Å². The molecular weight excluding hydrogens is 276 g/mol. The second-order valence-corrected chi connectivity index (χ2v) is 6.70. The Kier molecular flexibility index (Phi) is 3.03. The molecule has 2 heterocycles. The maximum Gasteiger partial charge on any atom is 0.306 e. The first-order valence-corrected chi connectivity index (χ1v) is 7.35. The summed E-state index contributed by atoms with van der Waals surface area (Å²) in [4.78, 5) is 13.2. The zero-order valence-electron chi connectivity index (χ0n) is 9.99. The van der Waals surface area contributed by atoms with Crippen LogP contribution in [-0.4, -0.2) is 23.6 Å². The number of H-pyrrole nitrogens is 2. The van der Waals surface area contributed by atoms with Crippen molar-refractivity contribution < 1.29 is 8.42 Å². The number of sulfonamides is 1. The first kappa shape index (κ1) is 12.8. The van der Waals surface area contributed by atoms with Crippen LogP contribution in [0, 0.1) is 20.8 Å². The van der Waals surface area contributed by atoms with Gasteiger partial charge < -0.3 is 4.98 Å². The Morgan fingerprint density at radius 2 is 1.89 bits per heavy atom. The number of aryl methyl sites for hydroxylation is 3. The van der Waals surface area contributed by atoms with E-state index in [-0.39, 0.29) is 4.21 Å². The smallest absolute Gasteiger partial charge is 0.306 e. The van der Waals surface area contributed by atoms with Gasteiger partial charge in [0.05, 0.1) is 17.1 Å². The summed E-state index contributed by atoms with van der Waals surface area (Å²) in [5, 5.41) is 6.59. The van der Waals surface area contributed by atoms with Crippen LogP contribution in [0.2, 0.25) is 0 Å². The van der Waals surface area contributed by atoms with Crippen molar-refractivity contribution in [3.63, 3.8) is 0 Å². The predicted molar refractivity (Wildman–Crippen MR) is 68.5 cm³/mol. The number of rotatable bonds is 3. The Hall–Kier alpha value is -1.61. The molecule has 0 aliphatic heterocycles. The van der Waals surface area contributed by atoms with E-state index < -0.39 is 14.9 Å². The van der Waals surface area contributed by atoms with E-state index in [1.807, 2.05) is 0 Å². The normalized spacial score (nSPS) is 11.7. The van der Waals surface area contributed by atoms with Gasteiger partial charge in [-0.25, -0.2) is 8.42 Å². The molecule has 0 fully saturated rings. The Labute approximate surface area is 107 Å². The van der Waals surface area contributed by atoms with E-state index in [1.54, 1.807) is 20.8 Å². The monoisotopic (exact) mass is 288 g/mol. The molecule has 0 aliphatic carbocycles. The Balaban J connectivity index is 2.45. The predicted octanol–water partition coefficient (Wildman–Crippen LogP) is 0.886. The molecule has 0 aromatic carbocycles. The molecular formula is C9H12N4O3S2. The third kappa shape index (κ3) is 2.18. The Bertz CT molecular complexity index is 719. The molecule has 9 heteroatoms. The standard InChI is InChI=1S/C9H12N4O3S2/c1-4-7(5(2)12-11-4)13-18(15,16)8-6(3)10-9(14)17-8/h13H,1-3H3,(H,10,14)(H,11,12). The van der Waals surface area contributed by atoms with Gasteiger partial charge in [-0.3, -0.25) is 14.6 Å². The topological polar surface area (TPSA) is 108 Å². The molecule has 0 saturated heterocycles. The summed E-state index contributed by atoms with van der Waals surface area (Å²) in [7, 11) is -3.76. The van der Waals surface area contributed by atoms with Crippen LogP contribution in [0.15, 0.2) is 9.00 Å². The molecule has 0 amide bonds. The van der Waals surface area contributed by atoms with Crippen molar-refractivity contribution in [3.05, 3.63) is 26.7 Å². The number of thiazole rings is 1. The van der Waals surface area contributed by atoms with Crippen LogP contribution in [0.5, 0.6) is 0 Å². The third-order valence-corrected chi connectivity index (χ3v) is 5.34. The summed E-state index contributed by atoms with van der Waals surface area (Å²) in [5.41, 5.74) is 1.92. The van der Waals surface area contributed by atoms with E-state index in [0.717, 1.165) is 0 Å². The molecule has 0 spiro atoms. The van der Waals surface area contributed by atoms with E-state index in [9.17, 15) is 13.2 Å². The fraction of sp³-hybridized carbons (Fsp3) is 0.333. The molecule has 0 atom stereocenters. The number of nitrogens with zero attached hydrogens (tertiary/aromatic N) is 1. The number of anilines is 1. The summed E-state index contributed by atoms with van der Waals surface area (Å²) in [6.07, 6.45) is 0. The van der Waals surface area contributed by atoms with Crippen LogP contribution < -0.4 is 9.60 Å². The minimum Gasteiger partial charge on any atom is -0.315 e. The summed E-state index contributed by atoms with van der Waals surface area (Å²) in [6.45, 7) is 4.94. The highest BCUT2D eigenvalue weighted by atomic mass is 32.2. The average molecular weight is 288 g/mol. The van der Waals surface area contributed by atoms with Crippen molar-refractivity contribution >= 4 is 27.0 Å². The molecule has 7 nitrogen and oxygen atoms in total. The van der Waals surface area contributed by atoms with E-state index >= 15 is 0 Å². The molecule has 0 aliphatic rings. The van der Waals surface area contributed by atoms with Crippen molar-refractivity contribution in [3.8, 4) is 0 Å². The highest BCUT2D eigenvalue weighted by Crippen LogP contribution is 2.23. The van der Waals surface area contributed by atoms with Gasteiger partial charge in [0.15, 0.2) is 4.21 Å². The van der Waals surface area contributed by atoms with Gasteiger partial charge in [0.2, 0.25) is 0 Å². The summed E-state index contributed by atoms with van der Waals surface area (Å²) < 4.78 is 26.7. The number of hydrogen-bond donors (Lipinski definition) is 3. The Morgan fingerprint density at radius 3 is 2.33 bits per heavy atom. The van der Waals surface area contributed by atoms with Crippen LogP contribution in [-0.2, 0) is 10.0 Å². The largest absolute Gasteiger partial charge is 0.315 e. The molecule has 0 bridgehead atoms. The van der Waals surface area contributed by atoms with Crippen LogP contribution in [0.1, 0.15) is 17.1 Å². The van der Waals surface area contributed by atoms with Crippen LogP contribution in [0.25, 0.3) is 0 Å². The first-order chi connectivity index (χ1) is 8.31. The van der Waals surface area contributed by atoms with Crippen LogP contribution in [0.3, 0.4) is 0 Å². The minimum absolute atomic E-state index is 0.00694. The molecule has 2 aromatic heterocycles. The molecule has 2 aromatic rings. The second kappa shape index (κ2) is 4.25. The average Bonchev–Trinajstić information content (AvgIpc) is 2.75. The number of hydrogen-bond acceptors (Lipinski definition) is 5. The van der Waals surface area contributed by atoms with Crippen LogP contribution >= 0.6 is 11.3 Å². The lowest BCUT2D eigenvalue weighted by molar-refractivity contribution is 0.602. The van der Waals surface area contributed by atoms with E-state index in [0.29, 0.717) is 34.1 Å². The molecule has 18 heavy (non-hydrogen) atoms. The quantitative estimate of drug-likeness (QED) is 0.779. The van der Waals surface area contributed by atoms with Gasteiger partial charge in [-0.05, 0) is 20.8 Å². The third-order valence-electron chi connectivity index (χ3n) is 2.39. The maximum atomic E-state index is 12.1. The second-order valence-electron chi connectivity index (χ2n) is 3.84. The van der Waals surface area contributed by atoms with Crippen molar-refractivity contribution in [2.45, 2.75) is 25.0 Å². The zero-order valence-corrected chi connectivity index (χ0v) is 11.6. The highest BCUT2D eigenvalue weighted by Gasteiger charge is 2.22. The van der Waals surface area contributed by atoms with Crippen molar-refractivity contribution in [2.75, 3.05) is 4.72 Å². The molecule has 3 N–H and O–H groups in total. The summed E-state index contributed by atoms with van der Waals surface area (Å²) in [5.74, 6) is 0. The van der Waals surface area contributed by atoms with Gasteiger partial charge in [0.1, 0.15) is 0 Å². The lowest BCUT2D eigenvalue weighted by Gasteiger charge is -2.06. The summed E-state index contributed by atoms with van der Waals surface area (Å²) in [6, 6.07) is 0. The van der Waals surface area contributed by atoms with E-state index in [2.05, 4.69) is 19.9 Å². The molecule has 0 radical (unpaired) electrons. The molecule has 98 valence electrons. The Morgan fingerprint density at radius 1 is 1.22 bits per heavy atom. The van der Waals surface area contributed by atoms with Gasteiger partial charge >= 0.3 is 4.87 Å². The van der Waals surface area contributed by atoms with Crippen molar-refractivity contribution in [1.29, 1.82) is 0 Å². The van der Waals surface area contributed by atoms with Gasteiger partial charge in [-0.15, -0.1) is 0 Å². The van der Waals surface area contributed by atoms with Gasteiger partial charge in [-0.1, -0.05) is 11.3 Å². The zero-order chi connectivity index (χ0) is 13.5. The number of aromatic amines is 2. The lowest BCUT2D eigenvalue weighted by atomic mass is 10.3. The lowest BCUT2D eigenvalue weighted by Crippen LogP contribution is -2.13. The minimum atomic E-state index is -3.76. The molecule has 0 unspecified atom stereocenters. The highest BCUT2D eigenvalue weighted by molar-refractivity contribution is 7.94. The molecule has 0 saturated carbocycles. The van der Waals surface area contributed by atoms with Gasteiger partial charge in [0, 0.05) is 5.69 Å². The fourth-order valence-electron chi connectivity index (χ4n) is 1.53. The van der Waals surface area contributed by atoms with E-state index in [1.165, 1.54) is 0 Å². The SMILES string of the molecule is Cc1n[nH]c(C)c1NS(=O)(=O)c1sc(=O)[nH]c1C. The van der Waals surface area contributed by atoms with E-state index in [4.69, 9.17) is 0 Å². The van der Waals surface area contributed by atoms with Crippen LogP contribution in [0.4, 0.5) is 5.69 Å². The number of aromatic nitrogens is 3. The van der Waals surface area contributed by atoms with Crippen molar-refractivity contribution in [1.82, 2.24) is 15.2 Å². The fourth-order valence-corrected chi connectivity index (χ4v) is 4.01. The summed E-state index contributed by atoms with van der Waals surface area (Å²) >= 11 is 0.663. The first-order valence-electron chi connectivity index (χ1n) is 5.05. The van der Waals surface area contributed by atoms with Crippen molar-refractivity contribution in [2.24, 2.45) is 0 Å². The molecule has 2 rings (SSSR count).